The maximum Gasteiger partial charge on any atom is 0.413 e. The van der Waals surface area contributed by atoms with Crippen molar-refractivity contribution in [2.75, 3.05) is 19.0 Å². The fourth-order valence-corrected chi connectivity index (χ4v) is 3.68. The summed E-state index contributed by atoms with van der Waals surface area (Å²) in [5, 5.41) is 4.89. The minimum Gasteiger partial charge on any atom is -0.462 e. The van der Waals surface area contributed by atoms with Gasteiger partial charge in [0.15, 0.2) is 0 Å². The third-order valence-electron chi connectivity index (χ3n) is 3.97. The van der Waals surface area contributed by atoms with E-state index in [4.69, 9.17) is 4.74 Å². The zero-order chi connectivity index (χ0) is 21.4. The second-order valence-corrected chi connectivity index (χ2v) is 6.98. The SMILES string of the molecule is CCOC(=O)c1sc(NC(=O)CCc2ccccc2)c(C(=O)NC(=O)OC)c1C. The molecule has 0 bridgehead atoms. The van der Waals surface area contributed by atoms with E-state index in [1.807, 2.05) is 35.6 Å². The topological polar surface area (TPSA) is 111 Å². The summed E-state index contributed by atoms with van der Waals surface area (Å²) in [6.07, 6.45) is -0.237. The van der Waals surface area contributed by atoms with E-state index >= 15 is 0 Å². The van der Waals surface area contributed by atoms with Crippen molar-refractivity contribution in [2.24, 2.45) is 0 Å². The molecule has 9 heteroatoms. The molecule has 0 spiro atoms. The van der Waals surface area contributed by atoms with Crippen LogP contribution in [-0.4, -0.2) is 37.6 Å². The molecule has 0 saturated carbocycles. The van der Waals surface area contributed by atoms with Gasteiger partial charge in [0.05, 0.1) is 19.3 Å². The maximum absolute atomic E-state index is 12.5. The number of hydrogen-bond acceptors (Lipinski definition) is 7. The summed E-state index contributed by atoms with van der Waals surface area (Å²) < 4.78 is 9.44. The number of hydrogen-bond donors (Lipinski definition) is 2. The molecule has 1 aromatic carbocycles. The van der Waals surface area contributed by atoms with Crippen LogP contribution in [0.4, 0.5) is 9.80 Å². The van der Waals surface area contributed by atoms with Crippen LogP contribution in [-0.2, 0) is 20.7 Å². The zero-order valence-electron chi connectivity index (χ0n) is 16.4. The molecule has 1 aromatic heterocycles. The smallest absolute Gasteiger partial charge is 0.413 e. The summed E-state index contributed by atoms with van der Waals surface area (Å²) in [6, 6.07) is 9.49. The molecule has 0 fully saturated rings. The number of benzene rings is 1. The predicted molar refractivity (Wildman–Crippen MR) is 108 cm³/mol. The monoisotopic (exact) mass is 418 g/mol. The van der Waals surface area contributed by atoms with Crippen LogP contribution in [0.1, 0.15) is 44.5 Å². The number of rotatable bonds is 7. The fourth-order valence-electron chi connectivity index (χ4n) is 2.56. The first-order valence-electron chi connectivity index (χ1n) is 8.90. The number of imide groups is 1. The van der Waals surface area contributed by atoms with Crippen LogP contribution < -0.4 is 10.6 Å². The van der Waals surface area contributed by atoms with Gasteiger partial charge in [0.25, 0.3) is 5.91 Å². The van der Waals surface area contributed by atoms with E-state index in [9.17, 15) is 19.2 Å². The number of thiophene rings is 1. The quantitative estimate of drug-likeness (QED) is 0.668. The number of aryl methyl sites for hydroxylation is 1. The van der Waals surface area contributed by atoms with Crippen molar-refractivity contribution in [3.63, 3.8) is 0 Å². The van der Waals surface area contributed by atoms with Gasteiger partial charge in [-0.15, -0.1) is 11.3 Å². The third-order valence-corrected chi connectivity index (χ3v) is 5.16. The van der Waals surface area contributed by atoms with Crippen molar-refractivity contribution in [1.82, 2.24) is 5.32 Å². The van der Waals surface area contributed by atoms with E-state index in [0.717, 1.165) is 24.0 Å². The molecule has 154 valence electrons. The molecular formula is C20H22N2O6S. The van der Waals surface area contributed by atoms with Crippen molar-refractivity contribution in [2.45, 2.75) is 26.7 Å². The summed E-state index contributed by atoms with van der Waals surface area (Å²) >= 11 is 0.928. The minimum atomic E-state index is -0.945. The Morgan fingerprint density at radius 3 is 2.41 bits per heavy atom. The highest BCUT2D eigenvalue weighted by atomic mass is 32.1. The molecule has 2 N–H and O–H groups in total. The fraction of sp³-hybridized carbons (Fsp3) is 0.300. The summed E-state index contributed by atoms with van der Waals surface area (Å²) in [4.78, 5) is 48.7. The molecule has 2 aromatic rings. The molecular weight excluding hydrogens is 396 g/mol. The molecule has 0 aliphatic carbocycles. The van der Waals surface area contributed by atoms with Crippen molar-refractivity contribution >= 4 is 40.2 Å². The molecule has 0 saturated heterocycles. The number of esters is 1. The lowest BCUT2D eigenvalue weighted by Crippen LogP contribution is -2.31. The normalized spacial score (nSPS) is 10.2. The molecule has 0 radical (unpaired) electrons. The van der Waals surface area contributed by atoms with Crippen LogP contribution in [0.3, 0.4) is 0 Å². The number of nitrogens with one attached hydrogen (secondary N) is 2. The lowest BCUT2D eigenvalue weighted by atomic mass is 10.1. The van der Waals surface area contributed by atoms with E-state index in [0.29, 0.717) is 12.0 Å². The van der Waals surface area contributed by atoms with E-state index in [2.05, 4.69) is 10.1 Å². The molecule has 29 heavy (non-hydrogen) atoms. The van der Waals surface area contributed by atoms with E-state index < -0.39 is 18.0 Å². The van der Waals surface area contributed by atoms with Crippen LogP contribution in [0, 0.1) is 6.92 Å². The summed E-state index contributed by atoms with van der Waals surface area (Å²) in [7, 11) is 1.12. The van der Waals surface area contributed by atoms with Crippen molar-refractivity contribution in [3.05, 3.63) is 51.9 Å². The van der Waals surface area contributed by atoms with Gasteiger partial charge in [-0.05, 0) is 31.4 Å². The van der Waals surface area contributed by atoms with Crippen molar-refractivity contribution < 1.29 is 28.7 Å². The van der Waals surface area contributed by atoms with Gasteiger partial charge < -0.3 is 14.8 Å². The first kappa shape index (κ1) is 22.1. The van der Waals surface area contributed by atoms with Crippen LogP contribution >= 0.6 is 11.3 Å². The minimum absolute atomic E-state index is 0.0246. The van der Waals surface area contributed by atoms with Crippen molar-refractivity contribution in [3.8, 4) is 0 Å². The van der Waals surface area contributed by atoms with Gasteiger partial charge in [0.2, 0.25) is 5.91 Å². The highest BCUT2D eigenvalue weighted by Gasteiger charge is 2.27. The first-order chi connectivity index (χ1) is 13.9. The third kappa shape index (κ3) is 5.89. The Balaban J connectivity index is 2.24. The zero-order valence-corrected chi connectivity index (χ0v) is 17.2. The van der Waals surface area contributed by atoms with Crippen LogP contribution in [0.25, 0.3) is 0 Å². The summed E-state index contributed by atoms with van der Waals surface area (Å²) in [5.74, 6) is -1.70. The van der Waals surface area contributed by atoms with Gasteiger partial charge in [0, 0.05) is 6.42 Å². The number of alkyl carbamates (subject to hydrolysis) is 1. The number of carbonyl (C=O) groups excluding carboxylic acids is 4. The predicted octanol–water partition coefficient (Wildman–Crippen LogP) is 3.30. The molecule has 0 aliphatic rings. The van der Waals surface area contributed by atoms with Crippen molar-refractivity contribution in [1.29, 1.82) is 0 Å². The average Bonchev–Trinajstić information content (AvgIpc) is 3.03. The van der Waals surface area contributed by atoms with Gasteiger partial charge in [-0.25, -0.2) is 9.59 Å². The lowest BCUT2D eigenvalue weighted by molar-refractivity contribution is -0.116. The highest BCUT2D eigenvalue weighted by molar-refractivity contribution is 7.18. The number of anilines is 1. The molecule has 0 unspecified atom stereocenters. The molecule has 1 heterocycles. The number of ether oxygens (including phenoxy) is 2. The molecule has 8 nitrogen and oxygen atoms in total. The standard InChI is InChI=1S/C20H22N2O6S/c1-4-28-19(25)16-12(2)15(17(24)22-20(26)27-3)18(29-16)21-14(23)11-10-13-8-6-5-7-9-13/h5-9H,4,10-11H2,1-3H3,(H,21,23)(H,22,24,26). The Hall–Kier alpha value is -3.20. The maximum atomic E-state index is 12.5. The van der Waals surface area contributed by atoms with Gasteiger partial charge in [-0.2, -0.15) is 0 Å². The van der Waals surface area contributed by atoms with Gasteiger partial charge in [0.1, 0.15) is 9.88 Å². The molecule has 0 atom stereocenters. The van der Waals surface area contributed by atoms with Gasteiger partial charge >= 0.3 is 12.1 Å². The van der Waals surface area contributed by atoms with E-state index in [1.165, 1.54) is 0 Å². The molecule has 2 rings (SSSR count). The highest BCUT2D eigenvalue weighted by Crippen LogP contribution is 2.34. The Labute approximate surface area is 172 Å². The Bertz CT molecular complexity index is 907. The molecule has 3 amide bonds. The summed E-state index contributed by atoms with van der Waals surface area (Å²) in [5.41, 5.74) is 1.34. The Kier molecular flexibility index (Phi) is 7.90. The Morgan fingerprint density at radius 1 is 1.10 bits per heavy atom. The van der Waals surface area contributed by atoms with Gasteiger partial charge in [-0.3, -0.25) is 14.9 Å². The largest absolute Gasteiger partial charge is 0.462 e. The van der Waals surface area contributed by atoms with Crippen LogP contribution in [0.5, 0.6) is 0 Å². The van der Waals surface area contributed by atoms with E-state index in [-0.39, 0.29) is 34.4 Å². The first-order valence-corrected chi connectivity index (χ1v) is 9.72. The lowest BCUT2D eigenvalue weighted by Gasteiger charge is -2.07. The second kappa shape index (κ2) is 10.4. The number of methoxy groups -OCH3 is 1. The summed E-state index contributed by atoms with van der Waals surface area (Å²) in [6.45, 7) is 3.38. The number of carbonyl (C=O) groups is 4. The van der Waals surface area contributed by atoms with Crippen LogP contribution in [0.15, 0.2) is 30.3 Å². The van der Waals surface area contributed by atoms with Crippen LogP contribution in [0.2, 0.25) is 0 Å². The van der Waals surface area contributed by atoms with E-state index in [1.54, 1.807) is 13.8 Å². The van der Waals surface area contributed by atoms with Gasteiger partial charge in [-0.1, -0.05) is 30.3 Å². The molecule has 0 aliphatic heterocycles. The second-order valence-electron chi connectivity index (χ2n) is 5.96. The average molecular weight is 418 g/mol. The number of amides is 3. The Morgan fingerprint density at radius 2 is 1.79 bits per heavy atom.